The van der Waals surface area contributed by atoms with Gasteiger partial charge in [-0.2, -0.15) is 0 Å². The number of nitrogens with zero attached hydrogens (tertiary/aromatic N) is 4. The molecule has 1 aromatic heterocycles. The highest BCUT2D eigenvalue weighted by Gasteiger charge is 2.50. The summed E-state index contributed by atoms with van der Waals surface area (Å²) < 4.78 is 16.5. The molecule has 16 N–H and O–H groups in total. The Labute approximate surface area is 518 Å². The molecule has 7 rings (SSSR count). The summed E-state index contributed by atoms with van der Waals surface area (Å²) in [5, 5.41) is 101. The summed E-state index contributed by atoms with van der Waals surface area (Å²) >= 11 is 1.31. The van der Waals surface area contributed by atoms with Crippen LogP contribution in [0.2, 0.25) is 0 Å². The first-order valence-corrected chi connectivity index (χ1v) is 30.6. The van der Waals surface area contributed by atoms with Gasteiger partial charge in [0.05, 0.1) is 43.2 Å². The number of phenolic OH excluding ortho intramolecular Hbond substituents is 1. The van der Waals surface area contributed by atoms with E-state index in [0.29, 0.717) is 22.2 Å². The maximum atomic E-state index is 14.7. The third-order valence-electron chi connectivity index (χ3n) is 15.7. The molecule has 0 radical (unpaired) electrons. The summed E-state index contributed by atoms with van der Waals surface area (Å²) in [5.41, 5.74) is 13.1. The lowest BCUT2D eigenvalue weighted by Gasteiger charge is -2.34. The molecule has 89 heavy (non-hydrogen) atoms. The van der Waals surface area contributed by atoms with Gasteiger partial charge in [0.25, 0.3) is 5.91 Å². The summed E-state index contributed by atoms with van der Waals surface area (Å²) in [6.07, 6.45) is -6.60. The van der Waals surface area contributed by atoms with Gasteiger partial charge in [-0.05, 0) is 86.8 Å². The van der Waals surface area contributed by atoms with Gasteiger partial charge < -0.3 is 97.8 Å². The first-order chi connectivity index (χ1) is 42.6. The van der Waals surface area contributed by atoms with E-state index in [1.807, 2.05) is 24.3 Å². The number of aromatic nitrogens is 2. The quantitative estimate of drug-likeness (QED) is 0.0364. The van der Waals surface area contributed by atoms with Crippen LogP contribution in [-0.2, 0) is 39.9 Å². The molecule has 3 saturated heterocycles. The molecule has 7 amide bonds. The van der Waals surface area contributed by atoms with Crippen LogP contribution >= 0.6 is 11.3 Å². The molecule has 0 spiro atoms. The molecular formula is C60H83N11O17S. The molecule has 29 heteroatoms. The van der Waals surface area contributed by atoms with Crippen molar-refractivity contribution in [1.29, 1.82) is 0 Å². The van der Waals surface area contributed by atoms with Crippen LogP contribution < -0.4 is 47.5 Å². The fourth-order valence-corrected chi connectivity index (χ4v) is 11.7. The summed E-state index contributed by atoms with van der Waals surface area (Å²) in [4.78, 5) is 103. The van der Waals surface area contributed by atoms with Crippen LogP contribution in [-0.4, -0.2) is 230 Å². The van der Waals surface area contributed by atoms with Crippen molar-refractivity contribution in [3.63, 3.8) is 0 Å². The largest absolute Gasteiger partial charge is 0.504 e. The van der Waals surface area contributed by atoms with E-state index in [1.165, 1.54) is 48.6 Å². The van der Waals surface area contributed by atoms with E-state index in [9.17, 15) is 69.3 Å². The monoisotopic (exact) mass is 1260 g/mol. The second kappa shape index (κ2) is 32.9. The molecule has 0 bridgehead atoms. The highest BCUT2D eigenvalue weighted by Crippen LogP contribution is 2.33. The number of nitrogens with two attached hydrogens (primary N) is 2. The van der Waals surface area contributed by atoms with E-state index >= 15 is 0 Å². The van der Waals surface area contributed by atoms with Gasteiger partial charge in [0.15, 0.2) is 11.5 Å². The number of carbonyl (C=O) groups is 7. The Balaban J connectivity index is 1.14. The molecule has 0 unspecified atom stereocenters. The summed E-state index contributed by atoms with van der Waals surface area (Å²) in [5.74, 6) is -7.94. The average molecular weight is 1260 g/mol. The molecule has 13 atom stereocenters. The Kier molecular flexibility index (Phi) is 25.5. The van der Waals surface area contributed by atoms with Crippen molar-refractivity contribution in [2.24, 2.45) is 17.4 Å². The maximum Gasteiger partial charge on any atom is 0.251 e. The summed E-state index contributed by atoms with van der Waals surface area (Å²) in [7, 11) is 1.70. The summed E-state index contributed by atoms with van der Waals surface area (Å²) in [6.45, 7) is 2.42. The number of aliphatic hydroxyl groups is 6. The number of rotatable bonds is 23. The number of amides is 7. The number of methoxy groups -OCH3 is 1. The number of nitrogens with one attached hydrogen (secondary N) is 5. The van der Waals surface area contributed by atoms with Crippen molar-refractivity contribution in [2.75, 3.05) is 59.7 Å². The molecule has 486 valence electrons. The highest BCUT2D eigenvalue weighted by atomic mass is 32.1. The first-order valence-electron chi connectivity index (χ1n) is 29.8. The predicted octanol–water partition coefficient (Wildman–Crippen LogP) is -1.81. The van der Waals surface area contributed by atoms with Crippen LogP contribution in [0.1, 0.15) is 81.1 Å². The number of unbranched alkanes of at least 4 members (excludes halogenated alkanes) is 4. The minimum Gasteiger partial charge on any atom is -0.504 e. The zero-order valence-electron chi connectivity index (χ0n) is 49.9. The Hall–Kier alpha value is -7.45. The highest BCUT2D eigenvalue weighted by molar-refractivity contribution is 7.17. The van der Waals surface area contributed by atoms with Crippen LogP contribution in [0.25, 0.3) is 21.1 Å². The molecule has 0 saturated carbocycles. The van der Waals surface area contributed by atoms with Crippen LogP contribution in [0, 0.1) is 5.92 Å². The van der Waals surface area contributed by atoms with Gasteiger partial charge in [0.1, 0.15) is 58.6 Å². The Morgan fingerprint density at radius 1 is 0.708 bits per heavy atom. The maximum absolute atomic E-state index is 14.7. The van der Waals surface area contributed by atoms with E-state index in [4.69, 9.17) is 25.7 Å². The van der Waals surface area contributed by atoms with Crippen LogP contribution in [0.3, 0.4) is 0 Å². The number of aliphatic hydroxyl groups excluding tert-OH is 6. The number of phenols is 1. The van der Waals surface area contributed by atoms with Crippen molar-refractivity contribution < 1.29 is 83.5 Å². The van der Waals surface area contributed by atoms with Crippen molar-refractivity contribution in [3.05, 3.63) is 77.9 Å². The van der Waals surface area contributed by atoms with Gasteiger partial charge in [0, 0.05) is 81.8 Å². The number of ether oxygens (including phenoxy) is 3. The van der Waals surface area contributed by atoms with Crippen LogP contribution in [0.5, 0.6) is 17.2 Å². The zero-order valence-corrected chi connectivity index (χ0v) is 50.8. The van der Waals surface area contributed by atoms with E-state index in [2.05, 4.69) is 36.8 Å². The van der Waals surface area contributed by atoms with Crippen molar-refractivity contribution >= 4 is 52.7 Å². The van der Waals surface area contributed by atoms with E-state index in [0.717, 1.165) is 66.7 Å². The van der Waals surface area contributed by atoms with Crippen LogP contribution in [0.4, 0.5) is 0 Å². The first kappa shape index (κ1) is 69.0. The smallest absolute Gasteiger partial charge is 0.251 e. The lowest BCUT2D eigenvalue weighted by Crippen LogP contribution is -2.64. The van der Waals surface area contributed by atoms with Gasteiger partial charge in [-0.25, -0.2) is 0 Å². The second-order valence-corrected chi connectivity index (χ2v) is 23.6. The fourth-order valence-electron chi connectivity index (χ4n) is 10.8. The van der Waals surface area contributed by atoms with E-state index in [-0.39, 0.29) is 55.3 Å². The van der Waals surface area contributed by atoms with E-state index < -0.39 is 152 Å². The van der Waals surface area contributed by atoms with Crippen molar-refractivity contribution in [2.45, 2.75) is 145 Å². The molecule has 3 aliphatic rings. The fraction of sp³-hybridized carbons (Fsp3) is 0.550. The zero-order chi connectivity index (χ0) is 64.5. The lowest BCUT2D eigenvalue weighted by atomic mass is 9.98. The minimum absolute atomic E-state index is 0.00574. The molecule has 4 heterocycles. The molecule has 3 aliphatic heterocycles. The van der Waals surface area contributed by atoms with Crippen molar-refractivity contribution in [3.8, 4) is 38.4 Å². The SMILES string of the molecule is COCCCCCCCOc1ccc(-c2nnc(-c3ccc(C(=O)N[C@H]4C[C@@H](O)CNC(=O)[C@@H]5[C@@H](O)[C@@H](C)CN5C(=O)[C@H]([C@H](O)CCN)NC(=O)[C@H]([C@H](O)Cc5ccc(O)c(OCCN)c5)NC(=O)[C@@H]5C[C@@H](O)CN5C(=O)[C@H]([C@@H](C)O)NC4=O)cc3)s2)cc1. The van der Waals surface area contributed by atoms with Gasteiger partial charge in [-0.1, -0.05) is 55.7 Å². The molecular weight excluding hydrogens is 1180 g/mol. The molecule has 28 nitrogen and oxygen atoms in total. The minimum atomic E-state index is -2.04. The van der Waals surface area contributed by atoms with Gasteiger partial charge >= 0.3 is 0 Å². The molecule has 3 fully saturated rings. The predicted molar refractivity (Wildman–Crippen MR) is 322 cm³/mol. The Morgan fingerprint density at radius 2 is 1.34 bits per heavy atom. The number of carbonyl (C=O) groups excluding carboxylic acids is 7. The number of fused-ring (bicyclic) bond motifs is 2. The Morgan fingerprint density at radius 3 is 1.99 bits per heavy atom. The number of hydrogen-bond acceptors (Lipinski definition) is 22. The van der Waals surface area contributed by atoms with Gasteiger partial charge in [0.2, 0.25) is 35.4 Å². The van der Waals surface area contributed by atoms with Gasteiger partial charge in [-0.15, -0.1) is 10.2 Å². The topological polar surface area (TPSA) is 433 Å². The van der Waals surface area contributed by atoms with Gasteiger partial charge in [-0.3, -0.25) is 33.6 Å². The summed E-state index contributed by atoms with van der Waals surface area (Å²) in [6, 6.07) is 6.67. The van der Waals surface area contributed by atoms with E-state index in [1.54, 1.807) is 19.2 Å². The standard InChI is InChI=1S/C60H83N11O17S/c1-32-30-71-50(51(32)78)56(83)63-29-38(73)27-41(64-52(79)35-10-12-36(13-11-35)57-68-69-58(89-57)37-14-16-40(17-15-37)87-23-8-6-4-5-7-22-86-3)53(80)65-47(33(2)72)59(84)70-31-39(74)28-42(70)54(81)66-48(55(82)67-49(60(71)85)44(76)19-20-61)45(77)25-34-9-18-43(75)46(26-34)88-24-21-62/h9-18,26,32-33,38-39,41-42,44-45,47-51,72-78H,4-8,19-25,27-31,61-62H2,1-3H3,(H,63,83)(H,64,79)(H,65,80)(H,66,81)(H,67,82)/t32-,33+,38+,39+,41-,42-,44+,45+,47-,48-,49-,50-,51-/m0/s1. The number of benzene rings is 3. The number of aromatic hydroxyl groups is 1. The molecule has 3 aromatic carbocycles. The number of β-amino-alcohol motifs (C(OH)–C–C–N with tert-alkyl or cyclic N) is 1. The lowest BCUT2D eigenvalue weighted by molar-refractivity contribution is -0.147. The number of hydrogen-bond donors (Lipinski definition) is 14. The average Bonchev–Trinajstić information content (AvgIpc) is 1.79. The second-order valence-electron chi connectivity index (χ2n) is 22.6. The third kappa shape index (κ3) is 18.4. The van der Waals surface area contributed by atoms with Crippen molar-refractivity contribution in [1.82, 2.24) is 46.6 Å². The third-order valence-corrected chi connectivity index (χ3v) is 16.8. The molecule has 4 aromatic rings. The normalized spacial score (nSPS) is 25.1. The molecule has 0 aliphatic carbocycles. The Bertz CT molecular complexity index is 3030. The van der Waals surface area contributed by atoms with Crippen LogP contribution in [0.15, 0.2) is 66.7 Å².